The molecule has 2 N–H and O–H groups in total. The van der Waals surface area contributed by atoms with Crippen LogP contribution < -0.4 is 0 Å². The smallest absolute Gasteiger partial charge is 0.0800 e. The van der Waals surface area contributed by atoms with Gasteiger partial charge in [0.2, 0.25) is 0 Å². The van der Waals surface area contributed by atoms with Gasteiger partial charge in [-0.05, 0) is 99.8 Å². The predicted octanol–water partition coefficient (Wildman–Crippen LogP) is 6.80. The quantitative estimate of drug-likeness (QED) is 0.248. The van der Waals surface area contributed by atoms with Crippen molar-refractivity contribution in [3.63, 3.8) is 0 Å². The maximum atomic E-state index is 4.81. The maximum absolute atomic E-state index is 4.81. The number of H-pyrrole nitrogens is 2. The zero-order valence-electron chi connectivity index (χ0n) is 15.3. The van der Waals surface area contributed by atoms with Gasteiger partial charge in [-0.15, -0.1) is 0 Å². The summed E-state index contributed by atoms with van der Waals surface area (Å²) in [6.07, 6.45) is 8.13. The normalized spacial score (nSPS) is 12.7. The molecule has 0 radical (unpaired) electrons. The van der Waals surface area contributed by atoms with Crippen LogP contribution in [0.2, 0.25) is 0 Å². The fraction of sp³-hybridized carbons (Fsp3) is 0.0909. The Bertz CT molecular complexity index is 1260. The Balaban J connectivity index is 1.97. The van der Waals surface area contributed by atoms with Crippen molar-refractivity contribution in [2.45, 2.75) is 13.8 Å². The Labute approximate surface area is 178 Å². The molecule has 28 heavy (non-hydrogen) atoms. The number of aromatic nitrogens is 4. The number of hydrogen-bond donors (Lipinski definition) is 2. The summed E-state index contributed by atoms with van der Waals surface area (Å²) in [6.45, 7) is 4.16. The number of aromatic amines is 2. The molecular weight excluding hydrogens is 480 g/mol. The minimum atomic E-state index is 0.897. The number of aryl methyl sites for hydroxylation is 1. The fourth-order valence-electron chi connectivity index (χ4n) is 3.42. The summed E-state index contributed by atoms with van der Waals surface area (Å²) < 4.78 is 1.88. The molecule has 3 aromatic heterocycles. The van der Waals surface area contributed by atoms with Gasteiger partial charge in [-0.3, -0.25) is 0 Å². The summed E-state index contributed by atoms with van der Waals surface area (Å²) in [7, 11) is 0. The average molecular weight is 496 g/mol. The zero-order chi connectivity index (χ0) is 19.4. The van der Waals surface area contributed by atoms with E-state index in [-0.39, 0.29) is 0 Å². The van der Waals surface area contributed by atoms with Crippen LogP contribution in [-0.4, -0.2) is 19.9 Å². The molecule has 0 saturated heterocycles. The monoisotopic (exact) mass is 494 g/mol. The summed E-state index contributed by atoms with van der Waals surface area (Å²) >= 11 is 7.43. The van der Waals surface area contributed by atoms with Crippen LogP contribution >= 0.6 is 31.9 Å². The number of hydrogen-bond acceptors (Lipinski definition) is 2. The van der Waals surface area contributed by atoms with E-state index in [2.05, 4.69) is 79.9 Å². The van der Waals surface area contributed by atoms with Crippen molar-refractivity contribution in [2.24, 2.45) is 0 Å². The van der Waals surface area contributed by atoms with E-state index in [0.717, 1.165) is 64.9 Å². The molecule has 2 aliphatic heterocycles. The topological polar surface area (TPSA) is 57.4 Å². The Kier molecular flexibility index (Phi) is 4.14. The van der Waals surface area contributed by atoms with Gasteiger partial charge in [-0.2, -0.15) is 0 Å². The van der Waals surface area contributed by atoms with Crippen LogP contribution in [0.3, 0.4) is 0 Å². The largest absolute Gasteiger partial charge is 0.354 e. The minimum Gasteiger partial charge on any atom is -0.354 e. The molecule has 0 atom stereocenters. The number of fused-ring (bicyclic) bond motifs is 8. The van der Waals surface area contributed by atoms with E-state index >= 15 is 0 Å². The number of rotatable bonds is 0. The second-order valence-electron chi connectivity index (χ2n) is 6.88. The molecule has 5 heterocycles. The summed E-state index contributed by atoms with van der Waals surface area (Å²) in [6, 6.07) is 8.33. The SMILES string of the molecule is Cc1c2nc(c(Br)c3ccc([nH]3)c(C)c3ccc([nH]3)c(Br)c3nc1C=C3)C=C2. The third-order valence-corrected chi connectivity index (χ3v) is 6.82. The first-order valence-corrected chi connectivity index (χ1v) is 10.5. The highest BCUT2D eigenvalue weighted by atomic mass is 79.9. The Morgan fingerprint density at radius 3 is 1.43 bits per heavy atom. The predicted molar refractivity (Wildman–Crippen MR) is 124 cm³/mol. The summed E-state index contributed by atoms with van der Waals surface area (Å²) in [4.78, 5) is 16.6. The van der Waals surface area contributed by atoms with Gasteiger partial charge in [0.25, 0.3) is 0 Å². The molecule has 0 spiro atoms. The molecule has 0 saturated carbocycles. The van der Waals surface area contributed by atoms with Crippen molar-refractivity contribution in [1.29, 1.82) is 0 Å². The molecular formula is C22H16Br2N4. The first-order chi connectivity index (χ1) is 13.5. The number of nitrogens with zero attached hydrogens (tertiary/aromatic N) is 2. The zero-order valence-corrected chi connectivity index (χ0v) is 18.4. The second-order valence-corrected chi connectivity index (χ2v) is 8.47. The lowest BCUT2D eigenvalue weighted by atomic mass is 10.2. The van der Waals surface area contributed by atoms with Crippen LogP contribution in [-0.2, 0) is 0 Å². The van der Waals surface area contributed by atoms with Gasteiger partial charge in [0.15, 0.2) is 0 Å². The van der Waals surface area contributed by atoms with E-state index in [1.165, 1.54) is 0 Å². The van der Waals surface area contributed by atoms with Crippen molar-refractivity contribution in [2.75, 3.05) is 0 Å². The van der Waals surface area contributed by atoms with E-state index < -0.39 is 0 Å². The van der Waals surface area contributed by atoms with Crippen molar-refractivity contribution < 1.29 is 0 Å². The lowest BCUT2D eigenvalue weighted by Crippen LogP contribution is -1.86. The molecule has 2 aliphatic rings. The van der Waals surface area contributed by atoms with E-state index in [9.17, 15) is 0 Å². The van der Waals surface area contributed by atoms with Crippen LogP contribution in [0.25, 0.3) is 46.4 Å². The lowest BCUT2D eigenvalue weighted by Gasteiger charge is -1.96. The van der Waals surface area contributed by atoms with Crippen LogP contribution in [0.4, 0.5) is 0 Å². The molecule has 0 unspecified atom stereocenters. The van der Waals surface area contributed by atoms with E-state index in [4.69, 9.17) is 9.97 Å². The Morgan fingerprint density at radius 1 is 0.571 bits per heavy atom. The van der Waals surface area contributed by atoms with Crippen molar-refractivity contribution in [3.05, 3.63) is 67.1 Å². The van der Waals surface area contributed by atoms with Crippen molar-refractivity contribution >= 4 is 78.2 Å². The fourth-order valence-corrected chi connectivity index (χ4v) is 4.33. The lowest BCUT2D eigenvalue weighted by molar-refractivity contribution is 1.21. The Hall–Kier alpha value is -2.44. The van der Waals surface area contributed by atoms with Gasteiger partial charge in [0.05, 0.1) is 42.8 Å². The highest BCUT2D eigenvalue weighted by Crippen LogP contribution is 2.29. The standard InChI is InChI=1S/C22H16Br2N4/c1-11-13-3-7-17(25-13)21(23)19-9-5-15(27-19)12(2)16-6-10-20(28-16)22(24)18-8-4-14(11)26-18/h3-10,25-26H,1-2H3. The van der Waals surface area contributed by atoms with Crippen LogP contribution in [0.5, 0.6) is 0 Å². The molecule has 5 rings (SSSR count). The van der Waals surface area contributed by atoms with E-state index in [1.54, 1.807) is 0 Å². The molecule has 8 bridgehead atoms. The molecule has 4 nitrogen and oxygen atoms in total. The molecule has 6 heteroatoms. The van der Waals surface area contributed by atoms with Gasteiger partial charge in [-0.25, -0.2) is 9.97 Å². The third-order valence-electron chi connectivity index (χ3n) is 5.15. The number of halogens is 2. The summed E-state index contributed by atoms with van der Waals surface area (Å²) in [5, 5.41) is 0. The second kappa shape index (κ2) is 6.57. The van der Waals surface area contributed by atoms with Crippen molar-refractivity contribution in [1.82, 2.24) is 19.9 Å². The maximum Gasteiger partial charge on any atom is 0.0800 e. The van der Waals surface area contributed by atoms with Crippen LogP contribution in [0.15, 0.2) is 33.2 Å². The first kappa shape index (κ1) is 17.6. The van der Waals surface area contributed by atoms with Gasteiger partial charge in [0.1, 0.15) is 0 Å². The third kappa shape index (κ3) is 2.79. The molecule has 138 valence electrons. The average Bonchev–Trinajstić information content (AvgIpc) is 3.49. The Morgan fingerprint density at radius 2 is 0.964 bits per heavy atom. The van der Waals surface area contributed by atoms with Crippen LogP contribution in [0.1, 0.15) is 33.9 Å². The van der Waals surface area contributed by atoms with Crippen LogP contribution in [0, 0.1) is 13.8 Å². The van der Waals surface area contributed by atoms with E-state index in [1.807, 2.05) is 24.3 Å². The van der Waals surface area contributed by atoms with E-state index in [0.29, 0.717) is 0 Å². The van der Waals surface area contributed by atoms with Crippen molar-refractivity contribution in [3.8, 4) is 0 Å². The molecule has 0 fully saturated rings. The minimum absolute atomic E-state index is 0.897. The molecule has 0 aliphatic carbocycles. The number of nitrogens with one attached hydrogen (secondary N) is 2. The van der Waals surface area contributed by atoms with Gasteiger partial charge < -0.3 is 9.97 Å². The highest BCUT2D eigenvalue weighted by molar-refractivity contribution is 9.11. The van der Waals surface area contributed by atoms with Gasteiger partial charge in [0, 0.05) is 16.6 Å². The van der Waals surface area contributed by atoms with Gasteiger partial charge in [-0.1, -0.05) is 0 Å². The highest BCUT2D eigenvalue weighted by Gasteiger charge is 2.12. The molecule has 0 aromatic carbocycles. The molecule has 3 aromatic rings. The van der Waals surface area contributed by atoms with Gasteiger partial charge >= 0.3 is 0 Å². The summed E-state index contributed by atoms with van der Waals surface area (Å²) in [5.74, 6) is 0. The first-order valence-electron chi connectivity index (χ1n) is 8.92. The summed E-state index contributed by atoms with van der Waals surface area (Å²) in [5.41, 5.74) is 9.96. The molecule has 0 amide bonds.